The van der Waals surface area contributed by atoms with Gasteiger partial charge in [-0.1, -0.05) is 0 Å². The molecule has 1 aliphatic rings. The molecule has 1 aromatic heterocycles. The number of carbonyl (C=O) groups excluding carboxylic acids is 1. The van der Waals surface area contributed by atoms with Crippen LogP contribution in [-0.4, -0.2) is 54.0 Å². The molecule has 0 bridgehead atoms. The third kappa shape index (κ3) is 6.41. The van der Waals surface area contributed by atoms with Gasteiger partial charge in [-0.05, 0) is 81.3 Å². The second kappa shape index (κ2) is 10.8. The molecule has 0 atom stereocenters. The fourth-order valence-electron chi connectivity index (χ4n) is 3.81. The van der Waals surface area contributed by atoms with Gasteiger partial charge in [-0.25, -0.2) is 4.39 Å². The molecule has 1 amide bonds. The number of nitrogens with zero attached hydrogens (tertiary/aromatic N) is 3. The van der Waals surface area contributed by atoms with E-state index in [-0.39, 0.29) is 24.9 Å². The summed E-state index contributed by atoms with van der Waals surface area (Å²) in [5.74, 6) is 1.65. The number of halogens is 1. The van der Waals surface area contributed by atoms with Gasteiger partial charge < -0.3 is 24.6 Å². The molecule has 2 aromatic rings. The quantitative estimate of drug-likeness (QED) is 0.538. The van der Waals surface area contributed by atoms with Crippen molar-refractivity contribution in [2.45, 2.75) is 52.1 Å². The zero-order chi connectivity index (χ0) is 23.1. The molecular formula is C23H33FN4O4. The van der Waals surface area contributed by atoms with Crippen LogP contribution >= 0.6 is 0 Å². The summed E-state index contributed by atoms with van der Waals surface area (Å²) in [6, 6.07) is 5.42. The van der Waals surface area contributed by atoms with Crippen LogP contribution in [0.1, 0.15) is 61.3 Å². The summed E-state index contributed by atoms with van der Waals surface area (Å²) in [6.07, 6.45) is 4.08. The molecule has 1 fully saturated rings. The lowest BCUT2D eigenvalue weighted by Gasteiger charge is -2.30. The van der Waals surface area contributed by atoms with E-state index in [0.717, 1.165) is 50.1 Å². The number of anilines is 1. The zero-order valence-electron chi connectivity index (χ0n) is 19.1. The largest absolute Gasteiger partial charge is 0.494 e. The van der Waals surface area contributed by atoms with Crippen LogP contribution in [0.4, 0.5) is 10.3 Å². The lowest BCUT2D eigenvalue weighted by Crippen LogP contribution is -2.34. The van der Waals surface area contributed by atoms with Gasteiger partial charge in [0.15, 0.2) is 5.67 Å². The number of amides is 1. The molecule has 32 heavy (non-hydrogen) atoms. The van der Waals surface area contributed by atoms with E-state index >= 15 is 0 Å². The number of alkyl halides is 1. The first-order valence-corrected chi connectivity index (χ1v) is 11.2. The Labute approximate surface area is 188 Å². The Morgan fingerprint density at radius 2 is 2.12 bits per heavy atom. The van der Waals surface area contributed by atoms with Crippen LogP contribution < -0.4 is 15.0 Å². The van der Waals surface area contributed by atoms with E-state index in [1.54, 1.807) is 12.1 Å². The highest BCUT2D eigenvalue weighted by atomic mass is 19.1. The second-order valence-corrected chi connectivity index (χ2v) is 8.75. The fourth-order valence-corrected chi connectivity index (χ4v) is 3.81. The number of aliphatic hydroxyl groups excluding tert-OH is 1. The number of piperidine rings is 1. The fraction of sp³-hybridized carbons (Fsp3) is 0.609. The predicted octanol–water partition coefficient (Wildman–Crippen LogP) is 3.38. The van der Waals surface area contributed by atoms with E-state index in [2.05, 4.69) is 15.5 Å². The summed E-state index contributed by atoms with van der Waals surface area (Å²) in [5.41, 5.74) is -0.207. The molecule has 0 spiro atoms. The molecule has 9 heteroatoms. The molecule has 3 rings (SSSR count). The molecule has 2 heterocycles. The Bertz CT molecular complexity index is 888. The summed E-state index contributed by atoms with van der Waals surface area (Å²) in [6.45, 7) is 7.12. The normalized spacial score (nSPS) is 15.1. The number of nitrogens with one attached hydrogen (secondary N) is 1. The highest BCUT2D eigenvalue weighted by Crippen LogP contribution is 2.28. The van der Waals surface area contributed by atoms with Gasteiger partial charge in [0.05, 0.1) is 13.2 Å². The third-order valence-corrected chi connectivity index (χ3v) is 5.69. The summed E-state index contributed by atoms with van der Waals surface area (Å²) in [5, 5.41) is 15.4. The van der Waals surface area contributed by atoms with Crippen molar-refractivity contribution >= 4 is 11.9 Å². The Hall–Kier alpha value is -2.68. The lowest BCUT2D eigenvalue weighted by molar-refractivity contribution is 0.0944. The molecular weight excluding hydrogens is 415 g/mol. The molecule has 176 valence electrons. The van der Waals surface area contributed by atoms with E-state index in [0.29, 0.717) is 24.0 Å². The average Bonchev–Trinajstić information content (AvgIpc) is 3.26. The Morgan fingerprint density at radius 1 is 1.38 bits per heavy atom. The van der Waals surface area contributed by atoms with Crippen molar-refractivity contribution in [2.75, 3.05) is 37.7 Å². The van der Waals surface area contributed by atoms with Crippen molar-refractivity contribution in [1.29, 1.82) is 0 Å². The first-order valence-electron chi connectivity index (χ1n) is 11.2. The van der Waals surface area contributed by atoms with Gasteiger partial charge in [0.1, 0.15) is 5.75 Å². The van der Waals surface area contributed by atoms with E-state index in [9.17, 15) is 9.18 Å². The number of hydrogen-bond acceptors (Lipinski definition) is 7. The topological polar surface area (TPSA) is 101 Å². The van der Waals surface area contributed by atoms with E-state index in [1.165, 1.54) is 13.8 Å². The first kappa shape index (κ1) is 24.0. The summed E-state index contributed by atoms with van der Waals surface area (Å²) in [4.78, 5) is 18.3. The number of rotatable bonds is 10. The van der Waals surface area contributed by atoms with Crippen LogP contribution in [0.25, 0.3) is 0 Å². The van der Waals surface area contributed by atoms with Gasteiger partial charge in [0, 0.05) is 25.2 Å². The van der Waals surface area contributed by atoms with Crippen LogP contribution in [0, 0.1) is 12.8 Å². The van der Waals surface area contributed by atoms with Crippen LogP contribution in [0.2, 0.25) is 0 Å². The van der Waals surface area contributed by atoms with Gasteiger partial charge >= 0.3 is 0 Å². The lowest BCUT2D eigenvalue weighted by atomic mass is 9.92. The first-order chi connectivity index (χ1) is 15.3. The molecule has 2 N–H and O–H groups in total. The number of aliphatic hydroxyl groups is 1. The highest BCUT2D eigenvalue weighted by molar-refractivity contribution is 5.95. The monoisotopic (exact) mass is 448 g/mol. The van der Waals surface area contributed by atoms with Gasteiger partial charge in [0.2, 0.25) is 0 Å². The smallest absolute Gasteiger partial charge is 0.266 e. The van der Waals surface area contributed by atoms with Crippen molar-refractivity contribution in [1.82, 2.24) is 15.5 Å². The number of aromatic nitrogens is 2. The Kier molecular flexibility index (Phi) is 8.06. The average molecular weight is 449 g/mol. The summed E-state index contributed by atoms with van der Waals surface area (Å²) in [7, 11) is 0. The maximum Gasteiger partial charge on any atom is 0.266 e. The maximum atomic E-state index is 13.9. The van der Waals surface area contributed by atoms with Gasteiger partial charge in [-0.2, -0.15) is 4.98 Å². The third-order valence-electron chi connectivity index (χ3n) is 5.69. The van der Waals surface area contributed by atoms with Crippen LogP contribution in [0.5, 0.6) is 5.75 Å². The number of aryl methyl sites for hydroxylation is 1. The number of ether oxygens (including phenoxy) is 1. The SMILES string of the molecule is Cc1cc(OCCCC2CCN(c3noc(C(C)(C)F)n3)CC2)ccc1C(=O)NCCO. The van der Waals surface area contributed by atoms with Crippen molar-refractivity contribution < 1.29 is 23.6 Å². The van der Waals surface area contributed by atoms with E-state index in [1.807, 2.05) is 17.9 Å². The minimum Gasteiger partial charge on any atom is -0.494 e. The standard InChI is InChI=1S/C23H33FN4O4/c1-16-15-18(6-7-19(16)20(30)25-10-13-29)31-14-4-5-17-8-11-28(12-9-17)22-26-21(32-27-22)23(2,3)24/h6-7,15,17,29H,4-5,8-14H2,1-3H3,(H,25,30). The van der Waals surface area contributed by atoms with Gasteiger partial charge in [-0.15, -0.1) is 0 Å². The Balaban J connectivity index is 1.37. The zero-order valence-corrected chi connectivity index (χ0v) is 19.1. The van der Waals surface area contributed by atoms with Crippen molar-refractivity contribution in [3.8, 4) is 5.75 Å². The van der Waals surface area contributed by atoms with Crippen LogP contribution in [0.3, 0.4) is 0 Å². The molecule has 1 saturated heterocycles. The second-order valence-electron chi connectivity index (χ2n) is 8.75. The molecule has 8 nitrogen and oxygen atoms in total. The molecule has 1 aromatic carbocycles. The minimum atomic E-state index is -1.63. The van der Waals surface area contributed by atoms with Crippen molar-refractivity contribution in [3.63, 3.8) is 0 Å². The van der Waals surface area contributed by atoms with Crippen molar-refractivity contribution in [3.05, 3.63) is 35.2 Å². The molecule has 0 aliphatic carbocycles. The van der Waals surface area contributed by atoms with Crippen LogP contribution in [-0.2, 0) is 5.67 Å². The summed E-state index contributed by atoms with van der Waals surface area (Å²) >= 11 is 0. The maximum absolute atomic E-state index is 13.9. The number of hydrogen-bond donors (Lipinski definition) is 2. The minimum absolute atomic E-state index is 0.0147. The molecule has 0 saturated carbocycles. The van der Waals surface area contributed by atoms with Gasteiger partial charge in [0.25, 0.3) is 17.7 Å². The number of carbonyl (C=O) groups is 1. The highest BCUT2D eigenvalue weighted by Gasteiger charge is 2.29. The van der Waals surface area contributed by atoms with Gasteiger partial charge in [-0.3, -0.25) is 4.79 Å². The molecule has 1 aliphatic heterocycles. The Morgan fingerprint density at radius 3 is 2.75 bits per heavy atom. The molecule has 0 unspecified atom stereocenters. The van der Waals surface area contributed by atoms with Crippen LogP contribution in [0.15, 0.2) is 22.7 Å². The predicted molar refractivity (Wildman–Crippen MR) is 119 cm³/mol. The van der Waals surface area contributed by atoms with E-state index in [4.69, 9.17) is 14.4 Å². The number of benzene rings is 1. The summed E-state index contributed by atoms with van der Waals surface area (Å²) < 4.78 is 24.8. The van der Waals surface area contributed by atoms with E-state index < -0.39 is 5.67 Å². The molecule has 0 radical (unpaired) electrons. The van der Waals surface area contributed by atoms with Crippen molar-refractivity contribution in [2.24, 2.45) is 5.92 Å².